The standard InChI is InChI=1S/C17H18Cl2N4O2/c1-10-7-15(16(24)20-9-12-3-2-6-25-12)23-17(21-10)22-14-8-11(18)4-5-13(14)19/h4-5,7-8,12H,2-3,6,9H2,1H3,(H,20,24)(H,21,22,23). The molecule has 132 valence electrons. The second kappa shape index (κ2) is 7.99. The molecular formula is C17H18Cl2N4O2. The molecule has 1 saturated heterocycles. The monoisotopic (exact) mass is 380 g/mol. The van der Waals surface area contributed by atoms with Gasteiger partial charge in [-0.05, 0) is 44.0 Å². The quantitative estimate of drug-likeness (QED) is 0.825. The van der Waals surface area contributed by atoms with E-state index in [1.54, 1.807) is 31.2 Å². The molecule has 8 heteroatoms. The van der Waals surface area contributed by atoms with Crippen LogP contribution in [0.3, 0.4) is 0 Å². The van der Waals surface area contributed by atoms with Gasteiger partial charge in [-0.3, -0.25) is 4.79 Å². The van der Waals surface area contributed by atoms with E-state index in [-0.39, 0.29) is 23.7 Å². The van der Waals surface area contributed by atoms with Gasteiger partial charge < -0.3 is 15.4 Å². The molecule has 6 nitrogen and oxygen atoms in total. The van der Waals surface area contributed by atoms with Gasteiger partial charge in [-0.15, -0.1) is 0 Å². The van der Waals surface area contributed by atoms with Gasteiger partial charge in [0.15, 0.2) is 0 Å². The van der Waals surface area contributed by atoms with E-state index >= 15 is 0 Å². The van der Waals surface area contributed by atoms with E-state index in [4.69, 9.17) is 27.9 Å². The Kier molecular flexibility index (Phi) is 5.73. The summed E-state index contributed by atoms with van der Waals surface area (Å²) < 4.78 is 5.50. The van der Waals surface area contributed by atoms with E-state index in [0.717, 1.165) is 19.4 Å². The third-order valence-corrected chi connectivity index (χ3v) is 4.34. The Labute approximate surface area is 155 Å². The van der Waals surface area contributed by atoms with Crippen LogP contribution < -0.4 is 10.6 Å². The van der Waals surface area contributed by atoms with E-state index in [2.05, 4.69) is 20.6 Å². The van der Waals surface area contributed by atoms with Crippen LogP contribution in [0.2, 0.25) is 10.0 Å². The number of ether oxygens (including phenoxy) is 1. The van der Waals surface area contributed by atoms with Crippen LogP contribution in [0, 0.1) is 6.92 Å². The minimum absolute atomic E-state index is 0.0785. The summed E-state index contributed by atoms with van der Waals surface area (Å²) in [7, 11) is 0. The Morgan fingerprint density at radius 3 is 2.92 bits per heavy atom. The molecule has 0 bridgehead atoms. The van der Waals surface area contributed by atoms with Gasteiger partial charge in [0, 0.05) is 23.9 Å². The number of aryl methyl sites for hydroxylation is 1. The van der Waals surface area contributed by atoms with Crippen LogP contribution in [0.4, 0.5) is 11.6 Å². The first-order valence-corrected chi connectivity index (χ1v) is 8.74. The fourth-order valence-corrected chi connectivity index (χ4v) is 2.89. The Hall–Kier alpha value is -1.89. The summed E-state index contributed by atoms with van der Waals surface area (Å²) in [5.41, 5.74) is 1.52. The van der Waals surface area contributed by atoms with Gasteiger partial charge in [0.1, 0.15) is 5.69 Å². The zero-order valence-electron chi connectivity index (χ0n) is 13.7. The number of hydrogen-bond donors (Lipinski definition) is 2. The van der Waals surface area contributed by atoms with Crippen LogP contribution in [-0.2, 0) is 4.74 Å². The van der Waals surface area contributed by atoms with Gasteiger partial charge in [0.2, 0.25) is 5.95 Å². The first kappa shape index (κ1) is 17.9. The van der Waals surface area contributed by atoms with Gasteiger partial charge >= 0.3 is 0 Å². The van der Waals surface area contributed by atoms with Crippen molar-refractivity contribution in [2.24, 2.45) is 0 Å². The van der Waals surface area contributed by atoms with Crippen molar-refractivity contribution in [3.05, 3.63) is 45.7 Å². The van der Waals surface area contributed by atoms with Gasteiger partial charge in [-0.1, -0.05) is 23.2 Å². The number of amides is 1. The largest absolute Gasteiger partial charge is 0.376 e. The molecular weight excluding hydrogens is 363 g/mol. The molecule has 0 saturated carbocycles. The highest BCUT2D eigenvalue weighted by Crippen LogP contribution is 2.27. The normalized spacial score (nSPS) is 16.7. The van der Waals surface area contributed by atoms with Crippen LogP contribution >= 0.6 is 23.2 Å². The molecule has 25 heavy (non-hydrogen) atoms. The molecule has 1 aromatic heterocycles. The van der Waals surface area contributed by atoms with Crippen molar-refractivity contribution in [3.8, 4) is 0 Å². The molecule has 1 amide bonds. The molecule has 0 radical (unpaired) electrons. The first-order valence-electron chi connectivity index (χ1n) is 7.99. The van der Waals surface area contributed by atoms with Crippen molar-refractivity contribution in [3.63, 3.8) is 0 Å². The first-order chi connectivity index (χ1) is 12.0. The highest BCUT2D eigenvalue weighted by molar-refractivity contribution is 6.35. The summed E-state index contributed by atoms with van der Waals surface area (Å²) in [6.45, 7) is 3.02. The maximum absolute atomic E-state index is 12.3. The molecule has 1 aromatic carbocycles. The number of anilines is 2. The maximum atomic E-state index is 12.3. The van der Waals surface area contributed by atoms with E-state index < -0.39 is 0 Å². The average molecular weight is 381 g/mol. The number of hydrogen-bond acceptors (Lipinski definition) is 5. The fourth-order valence-electron chi connectivity index (χ4n) is 2.56. The Bertz CT molecular complexity index is 779. The zero-order chi connectivity index (χ0) is 17.8. The second-order valence-electron chi connectivity index (χ2n) is 5.81. The maximum Gasteiger partial charge on any atom is 0.270 e. The van der Waals surface area contributed by atoms with Crippen molar-refractivity contribution in [2.75, 3.05) is 18.5 Å². The molecule has 2 N–H and O–H groups in total. The number of rotatable bonds is 5. The van der Waals surface area contributed by atoms with Gasteiger partial charge in [0.05, 0.1) is 16.8 Å². The Morgan fingerprint density at radius 2 is 2.16 bits per heavy atom. The lowest BCUT2D eigenvalue weighted by Crippen LogP contribution is -2.32. The van der Waals surface area contributed by atoms with Gasteiger partial charge in [0.25, 0.3) is 5.91 Å². The van der Waals surface area contributed by atoms with Crippen LogP contribution in [-0.4, -0.2) is 35.1 Å². The lowest BCUT2D eigenvalue weighted by Gasteiger charge is -2.12. The number of benzene rings is 1. The molecule has 1 aliphatic heterocycles. The third-order valence-electron chi connectivity index (χ3n) is 3.78. The van der Waals surface area contributed by atoms with Crippen molar-refractivity contribution < 1.29 is 9.53 Å². The number of aromatic nitrogens is 2. The highest BCUT2D eigenvalue weighted by Gasteiger charge is 2.18. The summed E-state index contributed by atoms with van der Waals surface area (Å²) >= 11 is 12.1. The van der Waals surface area contributed by atoms with Crippen LogP contribution in [0.1, 0.15) is 29.0 Å². The van der Waals surface area contributed by atoms with Crippen LogP contribution in [0.5, 0.6) is 0 Å². The number of nitrogens with one attached hydrogen (secondary N) is 2. The molecule has 1 fully saturated rings. The molecule has 1 aliphatic rings. The molecule has 1 atom stereocenters. The lowest BCUT2D eigenvalue weighted by atomic mass is 10.2. The van der Waals surface area contributed by atoms with Crippen molar-refractivity contribution in [2.45, 2.75) is 25.9 Å². The van der Waals surface area contributed by atoms with Gasteiger partial charge in [-0.25, -0.2) is 9.97 Å². The highest BCUT2D eigenvalue weighted by atomic mass is 35.5. The van der Waals surface area contributed by atoms with Crippen molar-refractivity contribution >= 4 is 40.7 Å². The van der Waals surface area contributed by atoms with Crippen LogP contribution in [0.25, 0.3) is 0 Å². The van der Waals surface area contributed by atoms with Gasteiger partial charge in [-0.2, -0.15) is 0 Å². The molecule has 3 rings (SSSR count). The SMILES string of the molecule is Cc1cc(C(=O)NCC2CCCO2)nc(Nc2cc(Cl)ccc2Cl)n1. The number of carbonyl (C=O) groups is 1. The predicted octanol–water partition coefficient (Wildman–Crippen LogP) is 3.74. The van der Waals surface area contributed by atoms with E-state index in [0.29, 0.717) is 28.0 Å². The van der Waals surface area contributed by atoms with Crippen molar-refractivity contribution in [1.82, 2.24) is 15.3 Å². The molecule has 0 aliphatic carbocycles. The average Bonchev–Trinajstić information content (AvgIpc) is 3.09. The topological polar surface area (TPSA) is 76.1 Å². The predicted molar refractivity (Wildman–Crippen MR) is 97.8 cm³/mol. The zero-order valence-corrected chi connectivity index (χ0v) is 15.2. The Morgan fingerprint density at radius 1 is 1.32 bits per heavy atom. The number of nitrogens with zero attached hydrogens (tertiary/aromatic N) is 2. The molecule has 1 unspecified atom stereocenters. The Balaban J connectivity index is 1.73. The van der Waals surface area contributed by atoms with Crippen molar-refractivity contribution in [1.29, 1.82) is 0 Å². The summed E-state index contributed by atoms with van der Waals surface area (Å²) in [6, 6.07) is 6.68. The lowest BCUT2D eigenvalue weighted by molar-refractivity contribution is 0.0853. The smallest absolute Gasteiger partial charge is 0.270 e. The minimum Gasteiger partial charge on any atom is -0.376 e. The van der Waals surface area contributed by atoms with E-state index in [1.807, 2.05) is 0 Å². The summed E-state index contributed by atoms with van der Waals surface area (Å²) in [5, 5.41) is 6.87. The number of carbonyl (C=O) groups excluding carboxylic acids is 1. The molecule has 2 aromatic rings. The van der Waals surface area contributed by atoms with E-state index in [1.165, 1.54) is 0 Å². The minimum atomic E-state index is -0.263. The van der Waals surface area contributed by atoms with Crippen LogP contribution in [0.15, 0.2) is 24.3 Å². The summed E-state index contributed by atoms with van der Waals surface area (Å²) in [6.07, 6.45) is 2.07. The molecule has 0 spiro atoms. The summed E-state index contributed by atoms with van der Waals surface area (Å²) in [4.78, 5) is 20.9. The fraction of sp³-hybridized carbons (Fsp3) is 0.353. The second-order valence-corrected chi connectivity index (χ2v) is 6.66. The number of halogens is 2. The summed E-state index contributed by atoms with van der Waals surface area (Å²) in [5.74, 6) is 0.0210. The van der Waals surface area contributed by atoms with E-state index in [9.17, 15) is 4.79 Å². The third kappa shape index (κ3) is 4.81. The molecule has 2 heterocycles.